The molecule has 0 radical (unpaired) electrons. The predicted molar refractivity (Wildman–Crippen MR) is 102 cm³/mol. The zero-order valence-electron chi connectivity index (χ0n) is 16.3. The summed E-state index contributed by atoms with van der Waals surface area (Å²) in [7, 11) is -2.04. The number of hydrogen-bond acceptors (Lipinski definition) is 4. The van der Waals surface area contributed by atoms with Crippen molar-refractivity contribution in [3.63, 3.8) is 0 Å². The number of unbranched alkanes of at least 4 members (excludes halogenated alkanes) is 4. The Morgan fingerprint density at radius 3 is 1.92 bits per heavy atom. The molecule has 1 rings (SSSR count). The molecule has 1 fully saturated rings. The van der Waals surface area contributed by atoms with Crippen molar-refractivity contribution in [2.45, 2.75) is 90.3 Å². The van der Waals surface area contributed by atoms with Crippen LogP contribution in [-0.2, 0) is 18.3 Å². The van der Waals surface area contributed by atoms with Gasteiger partial charge in [-0.15, -0.1) is 0 Å². The van der Waals surface area contributed by atoms with Crippen molar-refractivity contribution in [3.8, 4) is 0 Å². The van der Waals surface area contributed by atoms with Gasteiger partial charge in [-0.25, -0.2) is 0 Å². The van der Waals surface area contributed by atoms with E-state index in [-0.39, 0.29) is 0 Å². The Hall–Kier alpha value is 0.0569. The zero-order chi connectivity index (χ0) is 17.5. The Balaban J connectivity index is 2.36. The van der Waals surface area contributed by atoms with E-state index in [1.807, 2.05) is 0 Å². The van der Waals surface area contributed by atoms with Gasteiger partial charge >= 0.3 is 8.56 Å². The van der Waals surface area contributed by atoms with Gasteiger partial charge in [-0.2, -0.15) is 0 Å². The lowest BCUT2D eigenvalue weighted by molar-refractivity contribution is 0.112. The molecule has 1 atom stereocenters. The average Bonchev–Trinajstić information content (AvgIpc) is 3.41. The normalized spacial score (nSPS) is 17.4. The lowest BCUT2D eigenvalue weighted by atomic mass is 10.3. The van der Waals surface area contributed by atoms with Crippen molar-refractivity contribution >= 4 is 8.56 Å². The van der Waals surface area contributed by atoms with Gasteiger partial charge in [0.1, 0.15) is 6.10 Å². The first-order chi connectivity index (χ1) is 11.8. The van der Waals surface area contributed by atoms with Crippen LogP contribution in [0.5, 0.6) is 0 Å². The van der Waals surface area contributed by atoms with E-state index < -0.39 is 8.56 Å². The molecule has 1 saturated heterocycles. The molecular weight excluding hydrogens is 320 g/mol. The lowest BCUT2D eigenvalue weighted by Crippen LogP contribution is -2.42. The van der Waals surface area contributed by atoms with E-state index in [2.05, 4.69) is 20.8 Å². The Bertz CT molecular complexity index is 275. The summed E-state index contributed by atoms with van der Waals surface area (Å²) in [5.41, 5.74) is 0. The van der Waals surface area contributed by atoms with E-state index in [1.54, 1.807) is 0 Å². The summed E-state index contributed by atoms with van der Waals surface area (Å²) in [5, 5.41) is 0. The molecule has 0 aromatic rings. The zero-order valence-corrected chi connectivity index (χ0v) is 17.3. The molecule has 1 heterocycles. The summed E-state index contributed by atoms with van der Waals surface area (Å²) in [6.45, 7) is 10.9. The van der Waals surface area contributed by atoms with Crippen molar-refractivity contribution in [2.24, 2.45) is 0 Å². The van der Waals surface area contributed by atoms with Crippen LogP contribution in [0.4, 0.5) is 0 Å². The molecular formula is C19H40O4Si. The minimum Gasteiger partial charge on any atom is -0.394 e. The van der Waals surface area contributed by atoms with Crippen molar-refractivity contribution < 1.29 is 18.3 Å². The molecule has 4 nitrogen and oxygen atoms in total. The van der Waals surface area contributed by atoms with Crippen LogP contribution in [0.25, 0.3) is 0 Å². The number of hydrogen-bond donors (Lipinski definition) is 0. The van der Waals surface area contributed by atoms with Gasteiger partial charge in [0.25, 0.3) is 0 Å². The Morgan fingerprint density at radius 1 is 0.792 bits per heavy atom. The smallest absolute Gasteiger partial charge is 0.338 e. The van der Waals surface area contributed by atoms with Gasteiger partial charge < -0.3 is 18.3 Å². The average molecular weight is 361 g/mol. The van der Waals surface area contributed by atoms with Crippen LogP contribution in [0.2, 0.25) is 12.1 Å². The van der Waals surface area contributed by atoms with Gasteiger partial charge in [-0.3, -0.25) is 0 Å². The first-order valence-electron chi connectivity index (χ1n) is 10.2. The summed E-state index contributed by atoms with van der Waals surface area (Å²) < 4.78 is 23.7. The van der Waals surface area contributed by atoms with Crippen molar-refractivity contribution in [1.29, 1.82) is 0 Å². The molecule has 24 heavy (non-hydrogen) atoms. The third-order valence-electron chi connectivity index (χ3n) is 4.44. The number of rotatable bonds is 18. The van der Waals surface area contributed by atoms with E-state index in [4.69, 9.17) is 18.3 Å². The summed E-state index contributed by atoms with van der Waals surface area (Å²) >= 11 is 0. The highest BCUT2D eigenvalue weighted by molar-refractivity contribution is 6.67. The fourth-order valence-electron chi connectivity index (χ4n) is 2.68. The van der Waals surface area contributed by atoms with E-state index in [0.29, 0.717) is 6.10 Å². The molecule has 1 aliphatic heterocycles. The highest BCUT2D eigenvalue weighted by Crippen LogP contribution is 2.26. The maximum Gasteiger partial charge on any atom is 0.338 e. The van der Waals surface area contributed by atoms with E-state index in [9.17, 15) is 0 Å². The second kappa shape index (κ2) is 14.2. The molecule has 144 valence electrons. The van der Waals surface area contributed by atoms with E-state index in [1.165, 1.54) is 25.7 Å². The molecule has 0 bridgehead atoms. The second-order valence-electron chi connectivity index (χ2n) is 6.91. The Labute approximate surface area is 150 Å². The fraction of sp³-hybridized carbons (Fsp3) is 1.00. The highest BCUT2D eigenvalue weighted by Gasteiger charge is 2.36. The first-order valence-corrected chi connectivity index (χ1v) is 12.5. The molecule has 0 aromatic heterocycles. The second-order valence-corrected chi connectivity index (χ2v) is 10.3. The standard InChI is InChI=1S/C19H40O4Si/c1-4-7-13-22-24(15-9-6-3,23-14-8-5-2)16-11-10-12-20-17-19-18-21-19/h19H,4-18H2,1-3H3. The number of epoxide rings is 1. The molecule has 0 amide bonds. The van der Waals surface area contributed by atoms with Crippen LogP contribution in [0, 0.1) is 0 Å². The van der Waals surface area contributed by atoms with Crippen molar-refractivity contribution in [1.82, 2.24) is 0 Å². The number of ether oxygens (including phenoxy) is 2. The van der Waals surface area contributed by atoms with Crippen molar-refractivity contribution in [2.75, 3.05) is 33.0 Å². The maximum atomic E-state index is 6.43. The van der Waals surface area contributed by atoms with Gasteiger partial charge in [0.05, 0.1) is 13.2 Å². The summed E-state index contributed by atoms with van der Waals surface area (Å²) in [6.07, 6.45) is 9.71. The van der Waals surface area contributed by atoms with Crippen LogP contribution in [0.15, 0.2) is 0 Å². The summed E-state index contributed by atoms with van der Waals surface area (Å²) in [5.74, 6) is 0. The molecule has 1 unspecified atom stereocenters. The molecule has 5 heteroatoms. The van der Waals surface area contributed by atoms with Crippen molar-refractivity contribution in [3.05, 3.63) is 0 Å². The first kappa shape index (κ1) is 22.1. The third kappa shape index (κ3) is 10.8. The maximum absolute atomic E-state index is 6.43. The van der Waals surface area contributed by atoms with Gasteiger partial charge in [0.15, 0.2) is 0 Å². The fourth-order valence-corrected chi connectivity index (χ4v) is 6.31. The van der Waals surface area contributed by atoms with Crippen LogP contribution in [0.1, 0.15) is 72.1 Å². The molecule has 0 saturated carbocycles. The largest absolute Gasteiger partial charge is 0.394 e. The lowest BCUT2D eigenvalue weighted by Gasteiger charge is -2.31. The van der Waals surface area contributed by atoms with E-state index >= 15 is 0 Å². The van der Waals surface area contributed by atoms with Gasteiger partial charge in [0, 0.05) is 19.8 Å². The Kier molecular flexibility index (Phi) is 13.1. The molecule has 0 spiro atoms. The van der Waals surface area contributed by atoms with Crippen LogP contribution < -0.4 is 0 Å². The third-order valence-corrected chi connectivity index (χ3v) is 8.13. The quantitative estimate of drug-likeness (QED) is 0.195. The summed E-state index contributed by atoms with van der Waals surface area (Å²) in [6, 6.07) is 2.26. The van der Waals surface area contributed by atoms with Crippen LogP contribution in [-0.4, -0.2) is 47.7 Å². The minimum atomic E-state index is -2.04. The Morgan fingerprint density at radius 2 is 1.38 bits per heavy atom. The van der Waals surface area contributed by atoms with Crippen LogP contribution in [0.3, 0.4) is 0 Å². The van der Waals surface area contributed by atoms with Gasteiger partial charge in [0.2, 0.25) is 0 Å². The molecule has 0 aromatic carbocycles. The van der Waals surface area contributed by atoms with Gasteiger partial charge in [-0.1, -0.05) is 46.5 Å². The molecule has 0 N–H and O–H groups in total. The highest BCUT2D eigenvalue weighted by atomic mass is 28.4. The molecule has 0 aliphatic carbocycles. The van der Waals surface area contributed by atoms with E-state index in [0.717, 1.165) is 70.8 Å². The summed E-state index contributed by atoms with van der Waals surface area (Å²) in [4.78, 5) is 0. The van der Waals surface area contributed by atoms with Gasteiger partial charge in [-0.05, 0) is 37.8 Å². The monoisotopic (exact) mass is 360 g/mol. The topological polar surface area (TPSA) is 40.2 Å². The predicted octanol–water partition coefficient (Wildman–Crippen LogP) is 5.06. The minimum absolute atomic E-state index is 0.373. The SMILES string of the molecule is CCCCO[Si](CCCC)(CCCCOCC1CO1)OCCCC. The molecule has 1 aliphatic rings. The van der Waals surface area contributed by atoms with Crippen LogP contribution >= 0.6 is 0 Å².